The fourth-order valence-electron chi connectivity index (χ4n) is 1.56. The second-order valence-corrected chi connectivity index (χ2v) is 5.51. The van der Waals surface area contributed by atoms with Crippen molar-refractivity contribution in [2.24, 2.45) is 5.92 Å². The van der Waals surface area contributed by atoms with E-state index in [1.807, 2.05) is 13.8 Å². The molecular formula is C16H28O. The predicted octanol–water partition coefficient (Wildman–Crippen LogP) is 4.57. The number of hydrogen-bond acceptors (Lipinski definition) is 1. The summed E-state index contributed by atoms with van der Waals surface area (Å²) >= 11 is 0. The van der Waals surface area contributed by atoms with Gasteiger partial charge in [-0.25, -0.2) is 0 Å². The Labute approximate surface area is 107 Å². The Balaban J connectivity index is 0.000000437. The lowest BCUT2D eigenvalue weighted by Gasteiger charge is -2.14. The third-order valence-corrected chi connectivity index (χ3v) is 2.61. The summed E-state index contributed by atoms with van der Waals surface area (Å²) in [7, 11) is 0. The van der Waals surface area contributed by atoms with E-state index in [1.54, 1.807) is 0 Å². The van der Waals surface area contributed by atoms with Gasteiger partial charge in [0.05, 0.1) is 0 Å². The van der Waals surface area contributed by atoms with E-state index in [2.05, 4.69) is 52.0 Å². The van der Waals surface area contributed by atoms with Crippen LogP contribution in [-0.2, 0) is 0 Å². The SMILES string of the molecule is CC(C)CO.CC(C)c1ccccc1C(C)C. The predicted molar refractivity (Wildman–Crippen MR) is 76.5 cm³/mol. The molecule has 17 heavy (non-hydrogen) atoms. The van der Waals surface area contributed by atoms with Gasteiger partial charge in [-0.2, -0.15) is 0 Å². The molecule has 0 aliphatic heterocycles. The van der Waals surface area contributed by atoms with Gasteiger partial charge in [0.1, 0.15) is 0 Å². The largest absolute Gasteiger partial charge is 0.396 e. The number of rotatable bonds is 3. The maximum Gasteiger partial charge on any atom is 0.0453 e. The van der Waals surface area contributed by atoms with Crippen LogP contribution in [0, 0.1) is 5.92 Å². The molecule has 98 valence electrons. The standard InChI is InChI=1S/C12H18.C4H10O/c1-9(2)11-7-5-6-8-12(11)10(3)4;1-4(2)3-5/h5-10H,1-4H3;4-5H,3H2,1-2H3. The van der Waals surface area contributed by atoms with Crippen molar-refractivity contribution in [2.45, 2.75) is 53.4 Å². The molecule has 0 bridgehead atoms. The molecule has 0 unspecified atom stereocenters. The number of aliphatic hydroxyl groups is 1. The molecule has 0 heterocycles. The summed E-state index contributed by atoms with van der Waals surface area (Å²) in [6, 6.07) is 8.72. The van der Waals surface area contributed by atoms with Crippen LogP contribution in [0.1, 0.15) is 64.5 Å². The molecule has 0 spiro atoms. The molecule has 1 aromatic rings. The molecule has 0 amide bonds. The minimum Gasteiger partial charge on any atom is -0.396 e. The molecule has 0 aliphatic carbocycles. The zero-order valence-corrected chi connectivity index (χ0v) is 12.2. The molecule has 0 atom stereocenters. The maximum atomic E-state index is 8.14. The number of aliphatic hydroxyl groups excluding tert-OH is 1. The molecular weight excluding hydrogens is 208 g/mol. The van der Waals surface area contributed by atoms with Crippen molar-refractivity contribution >= 4 is 0 Å². The lowest BCUT2D eigenvalue weighted by atomic mass is 9.91. The van der Waals surface area contributed by atoms with Gasteiger partial charge in [-0.3, -0.25) is 0 Å². The van der Waals surface area contributed by atoms with Gasteiger partial charge in [0.2, 0.25) is 0 Å². The fraction of sp³-hybridized carbons (Fsp3) is 0.625. The van der Waals surface area contributed by atoms with E-state index < -0.39 is 0 Å². The van der Waals surface area contributed by atoms with Crippen molar-refractivity contribution < 1.29 is 5.11 Å². The second-order valence-electron chi connectivity index (χ2n) is 5.51. The highest BCUT2D eigenvalue weighted by Gasteiger charge is 2.07. The molecule has 0 saturated carbocycles. The van der Waals surface area contributed by atoms with E-state index in [1.165, 1.54) is 11.1 Å². The zero-order valence-electron chi connectivity index (χ0n) is 12.2. The minimum atomic E-state index is 0.306. The molecule has 0 aromatic heterocycles. The summed E-state index contributed by atoms with van der Waals surface area (Å²) in [6.45, 7) is 13.3. The van der Waals surface area contributed by atoms with E-state index in [0.29, 0.717) is 24.4 Å². The first-order valence-electron chi connectivity index (χ1n) is 6.59. The quantitative estimate of drug-likeness (QED) is 0.815. The van der Waals surface area contributed by atoms with Crippen molar-refractivity contribution in [3.05, 3.63) is 35.4 Å². The van der Waals surface area contributed by atoms with E-state index in [0.717, 1.165) is 0 Å². The van der Waals surface area contributed by atoms with Crippen LogP contribution in [0.15, 0.2) is 24.3 Å². The topological polar surface area (TPSA) is 20.2 Å². The van der Waals surface area contributed by atoms with Gasteiger partial charge in [-0.15, -0.1) is 0 Å². The van der Waals surface area contributed by atoms with Gasteiger partial charge in [0, 0.05) is 6.61 Å². The summed E-state index contributed by atoms with van der Waals surface area (Å²) in [5, 5.41) is 8.14. The van der Waals surface area contributed by atoms with Crippen molar-refractivity contribution in [1.82, 2.24) is 0 Å². The van der Waals surface area contributed by atoms with Crippen molar-refractivity contribution in [3.8, 4) is 0 Å². The lowest BCUT2D eigenvalue weighted by molar-refractivity contribution is 0.248. The minimum absolute atomic E-state index is 0.306. The first-order valence-corrected chi connectivity index (χ1v) is 6.59. The van der Waals surface area contributed by atoms with Crippen LogP contribution in [0.2, 0.25) is 0 Å². The van der Waals surface area contributed by atoms with Crippen molar-refractivity contribution in [2.75, 3.05) is 6.61 Å². The summed E-state index contributed by atoms with van der Waals surface area (Å²) in [6.07, 6.45) is 0. The van der Waals surface area contributed by atoms with Crippen LogP contribution in [0.4, 0.5) is 0 Å². The molecule has 1 heteroatoms. The first kappa shape index (κ1) is 16.2. The Morgan fingerprint density at radius 3 is 1.29 bits per heavy atom. The molecule has 0 fully saturated rings. The molecule has 0 saturated heterocycles. The Kier molecular flexibility index (Phi) is 7.90. The highest BCUT2D eigenvalue weighted by Crippen LogP contribution is 2.25. The van der Waals surface area contributed by atoms with Gasteiger partial charge in [0.25, 0.3) is 0 Å². The van der Waals surface area contributed by atoms with Crippen LogP contribution >= 0.6 is 0 Å². The summed E-state index contributed by atoms with van der Waals surface area (Å²) in [5.41, 5.74) is 2.99. The summed E-state index contributed by atoms with van der Waals surface area (Å²) < 4.78 is 0. The number of benzene rings is 1. The molecule has 1 aromatic carbocycles. The van der Waals surface area contributed by atoms with Crippen molar-refractivity contribution in [3.63, 3.8) is 0 Å². The third kappa shape index (κ3) is 6.48. The Morgan fingerprint density at radius 2 is 1.12 bits per heavy atom. The van der Waals surface area contributed by atoms with E-state index >= 15 is 0 Å². The van der Waals surface area contributed by atoms with Gasteiger partial charge < -0.3 is 5.11 Å². The Hall–Kier alpha value is -0.820. The number of hydrogen-bond donors (Lipinski definition) is 1. The Morgan fingerprint density at radius 1 is 0.824 bits per heavy atom. The van der Waals surface area contributed by atoms with Crippen molar-refractivity contribution in [1.29, 1.82) is 0 Å². The third-order valence-electron chi connectivity index (χ3n) is 2.61. The average Bonchev–Trinajstić information content (AvgIpc) is 2.29. The Bertz CT molecular complexity index is 273. The normalized spacial score (nSPS) is 10.7. The highest BCUT2D eigenvalue weighted by molar-refractivity contribution is 5.31. The second kappa shape index (κ2) is 8.30. The molecule has 0 radical (unpaired) electrons. The summed E-state index contributed by atoms with van der Waals surface area (Å²) in [4.78, 5) is 0. The molecule has 1 rings (SSSR count). The monoisotopic (exact) mass is 236 g/mol. The molecule has 1 nitrogen and oxygen atoms in total. The molecule has 1 N–H and O–H groups in total. The van der Waals surface area contributed by atoms with E-state index in [9.17, 15) is 0 Å². The van der Waals surface area contributed by atoms with Crippen LogP contribution in [-0.4, -0.2) is 11.7 Å². The maximum absolute atomic E-state index is 8.14. The first-order chi connectivity index (χ1) is 7.90. The van der Waals surface area contributed by atoms with Crippen LogP contribution in [0.25, 0.3) is 0 Å². The van der Waals surface area contributed by atoms with Crippen LogP contribution < -0.4 is 0 Å². The fourth-order valence-corrected chi connectivity index (χ4v) is 1.56. The van der Waals surface area contributed by atoms with Gasteiger partial charge in [-0.1, -0.05) is 65.8 Å². The summed E-state index contributed by atoms with van der Waals surface area (Å²) in [5.74, 6) is 1.72. The van der Waals surface area contributed by atoms with Gasteiger partial charge >= 0.3 is 0 Å². The van der Waals surface area contributed by atoms with Crippen LogP contribution in [0.5, 0.6) is 0 Å². The average molecular weight is 236 g/mol. The van der Waals surface area contributed by atoms with Gasteiger partial charge in [-0.05, 0) is 28.9 Å². The smallest absolute Gasteiger partial charge is 0.0453 e. The van der Waals surface area contributed by atoms with E-state index in [4.69, 9.17) is 5.11 Å². The highest BCUT2D eigenvalue weighted by atomic mass is 16.3. The zero-order chi connectivity index (χ0) is 13.4. The van der Waals surface area contributed by atoms with Crippen LogP contribution in [0.3, 0.4) is 0 Å². The van der Waals surface area contributed by atoms with E-state index in [-0.39, 0.29) is 0 Å². The van der Waals surface area contributed by atoms with Gasteiger partial charge in [0.15, 0.2) is 0 Å². The lowest BCUT2D eigenvalue weighted by Crippen LogP contribution is -1.97. The molecule has 0 aliphatic rings.